The highest BCUT2D eigenvalue weighted by molar-refractivity contribution is 7.89. The van der Waals surface area contributed by atoms with Crippen LogP contribution in [-0.4, -0.2) is 29.9 Å². The summed E-state index contributed by atoms with van der Waals surface area (Å²) in [5, 5.41) is 0.795. The fourth-order valence-electron chi connectivity index (χ4n) is 3.02. The van der Waals surface area contributed by atoms with Crippen LogP contribution in [0.2, 0.25) is 0 Å². The van der Waals surface area contributed by atoms with Crippen LogP contribution in [0.15, 0.2) is 65.8 Å². The highest BCUT2D eigenvalue weighted by Gasteiger charge is 2.15. The van der Waals surface area contributed by atoms with Crippen molar-refractivity contribution in [1.29, 1.82) is 0 Å². The number of nitrogens with zero attached hydrogens (tertiary/aromatic N) is 2. The van der Waals surface area contributed by atoms with Crippen LogP contribution in [0.25, 0.3) is 33.5 Å². The van der Waals surface area contributed by atoms with E-state index in [0.717, 1.165) is 22.2 Å². The molecule has 0 aliphatic carbocycles. The van der Waals surface area contributed by atoms with Gasteiger partial charge in [-0.25, -0.2) is 27.5 Å². The van der Waals surface area contributed by atoms with E-state index >= 15 is 0 Å². The maximum Gasteiger partial charge on any atom is 0.240 e. The van der Waals surface area contributed by atoms with Gasteiger partial charge in [0.2, 0.25) is 10.0 Å². The molecule has 2 aromatic heterocycles. The van der Waals surface area contributed by atoms with Gasteiger partial charge >= 0.3 is 0 Å². The molecule has 0 bridgehead atoms. The molecule has 6 nitrogen and oxygen atoms in total. The van der Waals surface area contributed by atoms with Crippen LogP contribution in [-0.2, 0) is 10.0 Å². The molecule has 4 rings (SSSR count). The third-order valence-electron chi connectivity index (χ3n) is 4.35. The van der Waals surface area contributed by atoms with Gasteiger partial charge in [-0.15, -0.1) is 0 Å². The van der Waals surface area contributed by atoms with Crippen molar-refractivity contribution in [3.8, 4) is 22.5 Å². The lowest BCUT2D eigenvalue weighted by atomic mass is 10.1. The van der Waals surface area contributed by atoms with Gasteiger partial charge in [0.15, 0.2) is 0 Å². The van der Waals surface area contributed by atoms with E-state index in [1.165, 1.54) is 18.5 Å². The van der Waals surface area contributed by atoms with Crippen LogP contribution >= 0.6 is 0 Å². The quantitative estimate of drug-likeness (QED) is 0.538. The molecule has 0 saturated carbocycles. The third-order valence-corrected chi connectivity index (χ3v) is 5.91. The molecular weight excluding hydrogens is 379 g/mol. The second-order valence-corrected chi connectivity index (χ2v) is 7.97. The standard InChI is InChI=1S/C20H17FN4O2S/c1-2-24-28(26,27)16-9-5-14(6-10-16)19-17-11-18(25-20(17)23-12-22-19)13-3-7-15(21)8-4-13/h3-12,24H,2H2,1H3,(H,22,23,25). The number of nitrogens with one attached hydrogen (secondary N) is 2. The summed E-state index contributed by atoms with van der Waals surface area (Å²) >= 11 is 0. The molecule has 0 radical (unpaired) electrons. The molecule has 28 heavy (non-hydrogen) atoms. The van der Waals surface area contributed by atoms with Crippen molar-refractivity contribution in [2.45, 2.75) is 11.8 Å². The number of benzene rings is 2. The molecule has 142 valence electrons. The van der Waals surface area contributed by atoms with Crippen molar-refractivity contribution in [1.82, 2.24) is 19.7 Å². The van der Waals surface area contributed by atoms with E-state index in [0.29, 0.717) is 17.9 Å². The lowest BCUT2D eigenvalue weighted by molar-refractivity contribution is 0.584. The average Bonchev–Trinajstić information content (AvgIpc) is 3.13. The summed E-state index contributed by atoms with van der Waals surface area (Å²) in [7, 11) is -3.51. The van der Waals surface area contributed by atoms with Gasteiger partial charge in [-0.3, -0.25) is 0 Å². The Morgan fingerprint density at radius 3 is 2.36 bits per heavy atom. The minimum Gasteiger partial charge on any atom is -0.339 e. The zero-order valence-corrected chi connectivity index (χ0v) is 15.8. The third kappa shape index (κ3) is 3.39. The Morgan fingerprint density at radius 2 is 1.68 bits per heavy atom. The molecule has 2 N–H and O–H groups in total. The summed E-state index contributed by atoms with van der Waals surface area (Å²) in [6, 6.07) is 14.6. The number of sulfonamides is 1. The zero-order chi connectivity index (χ0) is 19.7. The Balaban J connectivity index is 1.76. The normalized spacial score (nSPS) is 11.8. The molecule has 4 aromatic rings. The minimum absolute atomic E-state index is 0.199. The van der Waals surface area contributed by atoms with Gasteiger partial charge < -0.3 is 4.98 Å². The number of rotatable bonds is 5. The first kappa shape index (κ1) is 18.3. The Kier molecular flexibility index (Phi) is 4.66. The van der Waals surface area contributed by atoms with Gasteiger partial charge in [-0.2, -0.15) is 0 Å². The predicted octanol–water partition coefficient (Wildman–Crippen LogP) is 3.73. The van der Waals surface area contributed by atoms with Crippen LogP contribution in [0.1, 0.15) is 6.92 Å². The first-order valence-electron chi connectivity index (χ1n) is 8.67. The van der Waals surface area contributed by atoms with E-state index < -0.39 is 10.0 Å². The van der Waals surface area contributed by atoms with Crippen molar-refractivity contribution < 1.29 is 12.8 Å². The van der Waals surface area contributed by atoms with Gasteiger partial charge in [0.1, 0.15) is 17.8 Å². The fraction of sp³-hybridized carbons (Fsp3) is 0.100. The second-order valence-electron chi connectivity index (χ2n) is 6.20. The van der Waals surface area contributed by atoms with Gasteiger partial charge in [0.05, 0.1) is 10.6 Å². The van der Waals surface area contributed by atoms with Crippen LogP contribution in [0, 0.1) is 5.82 Å². The Hall–Kier alpha value is -3.10. The monoisotopic (exact) mass is 396 g/mol. The van der Waals surface area contributed by atoms with Gasteiger partial charge in [0.25, 0.3) is 0 Å². The highest BCUT2D eigenvalue weighted by Crippen LogP contribution is 2.30. The Bertz CT molecular complexity index is 1230. The van der Waals surface area contributed by atoms with E-state index in [1.807, 2.05) is 6.07 Å². The van der Waals surface area contributed by atoms with Crippen LogP contribution in [0.4, 0.5) is 4.39 Å². The second kappa shape index (κ2) is 7.14. The highest BCUT2D eigenvalue weighted by atomic mass is 32.2. The lowest BCUT2D eigenvalue weighted by Gasteiger charge is -2.06. The summed E-state index contributed by atoms with van der Waals surface area (Å²) in [6.07, 6.45) is 1.45. The predicted molar refractivity (Wildman–Crippen MR) is 106 cm³/mol. The first-order valence-corrected chi connectivity index (χ1v) is 10.2. The fourth-order valence-corrected chi connectivity index (χ4v) is 4.06. The summed E-state index contributed by atoms with van der Waals surface area (Å²) in [4.78, 5) is 12.0. The largest absolute Gasteiger partial charge is 0.339 e. The van der Waals surface area contributed by atoms with Gasteiger partial charge in [-0.05, 0) is 48.0 Å². The number of H-pyrrole nitrogens is 1. The van der Waals surface area contributed by atoms with Crippen molar-refractivity contribution in [3.63, 3.8) is 0 Å². The van der Waals surface area contributed by atoms with Crippen LogP contribution in [0.5, 0.6) is 0 Å². The van der Waals surface area contributed by atoms with Gasteiger partial charge in [0, 0.05) is 23.2 Å². The summed E-state index contributed by atoms with van der Waals surface area (Å²) in [6.45, 7) is 2.06. The summed E-state index contributed by atoms with van der Waals surface area (Å²) in [5.74, 6) is -0.298. The number of fused-ring (bicyclic) bond motifs is 1. The summed E-state index contributed by atoms with van der Waals surface area (Å²) in [5.41, 5.74) is 3.73. The molecule has 2 aromatic carbocycles. The van der Waals surface area contributed by atoms with Crippen molar-refractivity contribution in [3.05, 3.63) is 66.7 Å². The average molecular weight is 396 g/mol. The molecule has 0 amide bonds. The van der Waals surface area contributed by atoms with E-state index in [1.54, 1.807) is 43.3 Å². The Morgan fingerprint density at radius 1 is 1.00 bits per heavy atom. The van der Waals surface area contributed by atoms with E-state index in [-0.39, 0.29) is 10.7 Å². The maximum atomic E-state index is 13.2. The molecule has 0 aliphatic heterocycles. The van der Waals surface area contributed by atoms with Crippen LogP contribution < -0.4 is 4.72 Å². The number of aromatic nitrogens is 3. The lowest BCUT2D eigenvalue weighted by Crippen LogP contribution is -2.22. The van der Waals surface area contributed by atoms with Gasteiger partial charge in [-0.1, -0.05) is 19.1 Å². The van der Waals surface area contributed by atoms with E-state index in [2.05, 4.69) is 19.7 Å². The number of hydrogen-bond donors (Lipinski definition) is 2. The number of aromatic amines is 1. The number of hydrogen-bond acceptors (Lipinski definition) is 4. The maximum absolute atomic E-state index is 13.2. The first-order chi connectivity index (χ1) is 13.5. The molecule has 0 spiro atoms. The topological polar surface area (TPSA) is 87.7 Å². The molecular formula is C20H17FN4O2S. The summed E-state index contributed by atoms with van der Waals surface area (Å²) < 4.78 is 39.9. The van der Waals surface area contributed by atoms with Crippen molar-refractivity contribution in [2.75, 3.05) is 6.54 Å². The Labute approximate surface area is 161 Å². The molecule has 8 heteroatoms. The van der Waals surface area contributed by atoms with Crippen molar-refractivity contribution in [2.24, 2.45) is 0 Å². The molecule has 0 atom stereocenters. The number of halogens is 1. The smallest absolute Gasteiger partial charge is 0.240 e. The SMILES string of the molecule is CCNS(=O)(=O)c1ccc(-c2ncnc3[nH]c(-c4ccc(F)cc4)cc23)cc1. The van der Waals surface area contributed by atoms with E-state index in [9.17, 15) is 12.8 Å². The molecule has 0 saturated heterocycles. The minimum atomic E-state index is -3.51. The molecule has 0 fully saturated rings. The van der Waals surface area contributed by atoms with Crippen molar-refractivity contribution >= 4 is 21.1 Å². The molecule has 0 unspecified atom stereocenters. The van der Waals surface area contributed by atoms with E-state index in [4.69, 9.17) is 0 Å². The molecule has 0 aliphatic rings. The van der Waals surface area contributed by atoms with Crippen LogP contribution in [0.3, 0.4) is 0 Å². The molecule has 2 heterocycles. The zero-order valence-electron chi connectivity index (χ0n) is 15.0.